The van der Waals surface area contributed by atoms with Gasteiger partial charge in [0.15, 0.2) is 5.96 Å². The smallest absolute Gasteiger partial charge is 0.194 e. The first-order chi connectivity index (χ1) is 4.72. The first-order valence-electron chi connectivity index (χ1n) is 3.29. The van der Waals surface area contributed by atoms with Gasteiger partial charge >= 0.3 is 0 Å². The maximum atomic E-state index is 5.54. The molecule has 1 rings (SSSR count). The Morgan fingerprint density at radius 3 is 3.00 bits per heavy atom. The molecule has 0 aromatic rings. The summed E-state index contributed by atoms with van der Waals surface area (Å²) >= 11 is 0. The Bertz CT molecular complexity index is 182. The molecule has 1 unspecified atom stereocenters. The molecule has 1 aliphatic heterocycles. The highest BCUT2D eigenvalue weighted by molar-refractivity contribution is 5.80. The van der Waals surface area contributed by atoms with E-state index in [4.69, 9.17) is 11.5 Å². The van der Waals surface area contributed by atoms with E-state index in [9.17, 15) is 0 Å². The Morgan fingerprint density at radius 1 is 1.80 bits per heavy atom. The van der Waals surface area contributed by atoms with Gasteiger partial charge in [-0.1, -0.05) is 6.92 Å². The van der Waals surface area contributed by atoms with Crippen molar-refractivity contribution in [3.05, 3.63) is 11.8 Å². The number of allylic oxidation sites excluding steroid dienone is 1. The number of aliphatic imine (C=N–C) groups is 1. The predicted molar refractivity (Wildman–Crippen MR) is 41.1 cm³/mol. The van der Waals surface area contributed by atoms with Crippen LogP contribution in [0.3, 0.4) is 0 Å². The zero-order valence-corrected chi connectivity index (χ0v) is 5.96. The molecule has 0 saturated heterocycles. The predicted octanol–water partition coefficient (Wildman–Crippen LogP) is -0.517. The van der Waals surface area contributed by atoms with Gasteiger partial charge in [-0.05, 0) is 12.5 Å². The average Bonchev–Trinajstić information content (AvgIpc) is 1.85. The van der Waals surface area contributed by atoms with Crippen molar-refractivity contribution in [2.45, 2.75) is 19.5 Å². The summed E-state index contributed by atoms with van der Waals surface area (Å²) in [6.45, 7) is 2.01. The Morgan fingerprint density at radius 2 is 2.50 bits per heavy atom. The molecule has 0 aliphatic carbocycles. The van der Waals surface area contributed by atoms with E-state index >= 15 is 0 Å². The number of hydrogen-bond donors (Lipinski definition) is 3. The van der Waals surface area contributed by atoms with E-state index < -0.39 is 0 Å². The Balaban J connectivity index is 2.72. The van der Waals surface area contributed by atoms with Gasteiger partial charge in [-0.15, -0.1) is 0 Å². The largest absolute Gasteiger partial charge is 0.370 e. The standard InChI is InChI=1S/C6H12N4/c1-2-4-3-5(7)10-6(8)9-4/h3,5H,2,7H2,1H3,(H3,8,9,10). The fourth-order valence-electron chi connectivity index (χ4n) is 0.841. The quantitative estimate of drug-likeness (QED) is 0.459. The molecule has 0 bridgehead atoms. The molecule has 4 heteroatoms. The van der Waals surface area contributed by atoms with E-state index in [1.807, 2.05) is 13.0 Å². The number of hydrogen-bond acceptors (Lipinski definition) is 4. The minimum Gasteiger partial charge on any atom is -0.370 e. The monoisotopic (exact) mass is 140 g/mol. The summed E-state index contributed by atoms with van der Waals surface area (Å²) in [7, 11) is 0. The van der Waals surface area contributed by atoms with Crippen molar-refractivity contribution in [1.29, 1.82) is 0 Å². The minimum absolute atomic E-state index is 0.174. The summed E-state index contributed by atoms with van der Waals surface area (Å²) in [6, 6.07) is 0. The third-order valence-corrected chi connectivity index (χ3v) is 1.31. The second-order valence-electron chi connectivity index (χ2n) is 2.18. The molecule has 1 atom stereocenters. The summed E-state index contributed by atoms with van der Waals surface area (Å²) in [5.74, 6) is 0.409. The molecule has 4 nitrogen and oxygen atoms in total. The van der Waals surface area contributed by atoms with Crippen LogP contribution in [0.2, 0.25) is 0 Å². The Labute approximate surface area is 60.0 Å². The highest BCUT2D eigenvalue weighted by atomic mass is 15.2. The zero-order valence-electron chi connectivity index (χ0n) is 5.96. The minimum atomic E-state index is -0.174. The number of guanidine groups is 1. The molecule has 0 amide bonds. The zero-order chi connectivity index (χ0) is 7.56. The average molecular weight is 140 g/mol. The molecule has 56 valence electrons. The van der Waals surface area contributed by atoms with Crippen LogP contribution in [-0.2, 0) is 0 Å². The number of nitrogens with zero attached hydrogens (tertiary/aromatic N) is 1. The van der Waals surface area contributed by atoms with Crippen LogP contribution >= 0.6 is 0 Å². The maximum absolute atomic E-state index is 5.54. The van der Waals surface area contributed by atoms with E-state index in [1.165, 1.54) is 0 Å². The molecular formula is C6H12N4. The fraction of sp³-hybridized carbons (Fsp3) is 0.500. The summed E-state index contributed by atoms with van der Waals surface area (Å²) in [5, 5.41) is 2.77. The summed E-state index contributed by atoms with van der Waals surface area (Å²) < 4.78 is 0. The molecular weight excluding hydrogens is 128 g/mol. The van der Waals surface area contributed by atoms with Crippen LogP contribution in [0.4, 0.5) is 0 Å². The lowest BCUT2D eigenvalue weighted by Crippen LogP contribution is -2.46. The number of rotatable bonds is 1. The molecule has 0 radical (unpaired) electrons. The van der Waals surface area contributed by atoms with E-state index in [0.717, 1.165) is 12.1 Å². The third-order valence-electron chi connectivity index (χ3n) is 1.31. The second-order valence-corrected chi connectivity index (χ2v) is 2.18. The molecule has 0 saturated carbocycles. The van der Waals surface area contributed by atoms with Gasteiger partial charge < -0.3 is 16.8 Å². The molecule has 5 N–H and O–H groups in total. The van der Waals surface area contributed by atoms with Crippen LogP contribution in [0.25, 0.3) is 0 Å². The van der Waals surface area contributed by atoms with Crippen molar-refractivity contribution in [3.63, 3.8) is 0 Å². The molecule has 0 aromatic carbocycles. The van der Waals surface area contributed by atoms with Crippen molar-refractivity contribution >= 4 is 5.96 Å². The van der Waals surface area contributed by atoms with Crippen LogP contribution in [0.1, 0.15) is 13.3 Å². The second kappa shape index (κ2) is 2.70. The van der Waals surface area contributed by atoms with E-state index in [0.29, 0.717) is 5.96 Å². The molecule has 0 aromatic heterocycles. The topological polar surface area (TPSA) is 76.4 Å². The van der Waals surface area contributed by atoms with Crippen molar-refractivity contribution in [3.8, 4) is 0 Å². The van der Waals surface area contributed by atoms with Crippen LogP contribution in [-0.4, -0.2) is 12.1 Å². The summed E-state index contributed by atoms with van der Waals surface area (Å²) in [6.07, 6.45) is 2.55. The van der Waals surface area contributed by atoms with Crippen LogP contribution in [0.5, 0.6) is 0 Å². The van der Waals surface area contributed by atoms with Crippen LogP contribution < -0.4 is 16.8 Å². The summed E-state index contributed by atoms with van der Waals surface area (Å²) in [5.41, 5.74) is 11.9. The molecule has 10 heavy (non-hydrogen) atoms. The first kappa shape index (κ1) is 7.08. The van der Waals surface area contributed by atoms with Gasteiger partial charge in [0.1, 0.15) is 0 Å². The Kier molecular flexibility index (Phi) is 1.91. The third kappa shape index (κ3) is 1.48. The van der Waals surface area contributed by atoms with Crippen molar-refractivity contribution in [2.75, 3.05) is 0 Å². The lowest BCUT2D eigenvalue weighted by atomic mass is 10.3. The van der Waals surface area contributed by atoms with E-state index in [2.05, 4.69) is 10.3 Å². The summed E-state index contributed by atoms with van der Waals surface area (Å²) in [4.78, 5) is 4.02. The van der Waals surface area contributed by atoms with Gasteiger partial charge in [-0.2, -0.15) is 0 Å². The number of nitrogens with two attached hydrogens (primary N) is 2. The van der Waals surface area contributed by atoms with Gasteiger partial charge in [0, 0.05) is 5.70 Å². The van der Waals surface area contributed by atoms with Gasteiger partial charge in [0.05, 0.1) is 6.17 Å². The van der Waals surface area contributed by atoms with Crippen LogP contribution in [0, 0.1) is 0 Å². The van der Waals surface area contributed by atoms with Crippen molar-refractivity contribution in [1.82, 2.24) is 5.32 Å². The molecule has 0 spiro atoms. The molecule has 1 heterocycles. The highest BCUT2D eigenvalue weighted by Gasteiger charge is 2.06. The highest BCUT2D eigenvalue weighted by Crippen LogP contribution is 2.05. The Hall–Kier alpha value is -1.03. The number of nitrogens with one attached hydrogen (secondary N) is 1. The maximum Gasteiger partial charge on any atom is 0.194 e. The SMILES string of the molecule is CCC1=CC(N)NC(N)=N1. The lowest BCUT2D eigenvalue weighted by molar-refractivity contribution is 0.730. The van der Waals surface area contributed by atoms with Crippen molar-refractivity contribution in [2.24, 2.45) is 16.5 Å². The van der Waals surface area contributed by atoms with E-state index in [-0.39, 0.29) is 6.17 Å². The van der Waals surface area contributed by atoms with Gasteiger partial charge in [0.2, 0.25) is 0 Å². The molecule has 0 fully saturated rings. The van der Waals surface area contributed by atoms with Crippen molar-refractivity contribution < 1.29 is 0 Å². The lowest BCUT2D eigenvalue weighted by Gasteiger charge is -2.16. The van der Waals surface area contributed by atoms with Crippen LogP contribution in [0.15, 0.2) is 16.8 Å². The van der Waals surface area contributed by atoms with Gasteiger partial charge in [-0.25, -0.2) is 4.99 Å². The fourth-order valence-corrected chi connectivity index (χ4v) is 0.841. The van der Waals surface area contributed by atoms with E-state index in [1.54, 1.807) is 0 Å². The molecule has 1 aliphatic rings. The van der Waals surface area contributed by atoms with Gasteiger partial charge in [0.25, 0.3) is 0 Å². The normalized spacial score (nSPS) is 24.8. The first-order valence-corrected chi connectivity index (χ1v) is 3.29. The van der Waals surface area contributed by atoms with Gasteiger partial charge in [-0.3, -0.25) is 0 Å².